The summed E-state index contributed by atoms with van der Waals surface area (Å²) in [6, 6.07) is 5.61. The molecule has 0 amide bonds. The second-order valence-corrected chi connectivity index (χ2v) is 10.8. The molecule has 4 aliphatic rings. The first kappa shape index (κ1) is 22.5. The minimum absolute atomic E-state index is 0.0710. The molecule has 0 spiro atoms. The number of anilines is 2. The first-order chi connectivity index (χ1) is 15.7. The second-order valence-electron chi connectivity index (χ2n) is 10.8. The molecular weight excluding hydrogens is 416 g/mol. The number of benzene rings is 1. The number of nitrogens with two attached hydrogens (primary N) is 2. The maximum absolute atomic E-state index is 11.9. The number of esters is 1. The third-order valence-electron chi connectivity index (χ3n) is 9.24. The van der Waals surface area contributed by atoms with Crippen molar-refractivity contribution < 1.29 is 19.0 Å². The van der Waals surface area contributed by atoms with Gasteiger partial charge >= 0.3 is 5.97 Å². The van der Waals surface area contributed by atoms with Gasteiger partial charge < -0.3 is 25.7 Å². The molecule has 178 valence electrons. The van der Waals surface area contributed by atoms with Gasteiger partial charge in [-0.15, -0.1) is 0 Å². The number of rotatable bonds is 3. The number of carbonyl (C=O) groups is 1. The van der Waals surface area contributed by atoms with E-state index in [-0.39, 0.29) is 22.9 Å². The van der Waals surface area contributed by atoms with Gasteiger partial charge in [0.1, 0.15) is 0 Å². The van der Waals surface area contributed by atoms with Gasteiger partial charge in [-0.25, -0.2) is 4.79 Å². The Morgan fingerprint density at radius 3 is 2.70 bits per heavy atom. The lowest BCUT2D eigenvalue weighted by molar-refractivity contribution is -0.316. The molecule has 2 aliphatic carbocycles. The Labute approximate surface area is 196 Å². The minimum Gasteiger partial charge on any atom is -0.462 e. The molecule has 2 saturated carbocycles. The fourth-order valence-electron chi connectivity index (χ4n) is 6.83. The zero-order valence-electron chi connectivity index (χ0n) is 19.8. The molecule has 6 unspecified atom stereocenters. The smallest absolute Gasteiger partial charge is 0.333 e. The van der Waals surface area contributed by atoms with Gasteiger partial charge in [0.25, 0.3) is 0 Å². The van der Waals surface area contributed by atoms with E-state index >= 15 is 0 Å². The fraction of sp³-hybridized carbons (Fsp3) is 0.593. The van der Waals surface area contributed by atoms with Crippen LogP contribution in [-0.2, 0) is 19.0 Å². The second kappa shape index (κ2) is 8.17. The summed E-state index contributed by atoms with van der Waals surface area (Å²) in [5.41, 5.74) is 16.1. The Kier molecular flexibility index (Phi) is 5.57. The summed E-state index contributed by atoms with van der Waals surface area (Å²) < 4.78 is 18.1. The maximum atomic E-state index is 11.9. The molecule has 1 aromatic rings. The lowest BCUT2D eigenvalue weighted by Crippen LogP contribution is -2.62. The van der Waals surface area contributed by atoms with E-state index in [9.17, 15) is 4.79 Å². The Hall–Kier alpha value is -2.31. The number of carbonyl (C=O) groups excluding carboxylic acids is 1. The van der Waals surface area contributed by atoms with Crippen molar-refractivity contribution in [3.63, 3.8) is 0 Å². The van der Waals surface area contributed by atoms with Crippen molar-refractivity contribution in [3.05, 3.63) is 47.6 Å². The van der Waals surface area contributed by atoms with E-state index in [1.807, 2.05) is 18.2 Å². The summed E-state index contributed by atoms with van der Waals surface area (Å²) in [5.74, 6) is 0.709. The molecule has 0 aromatic heterocycles. The van der Waals surface area contributed by atoms with Crippen molar-refractivity contribution >= 4 is 17.3 Å². The van der Waals surface area contributed by atoms with Crippen molar-refractivity contribution in [2.24, 2.45) is 22.7 Å². The summed E-state index contributed by atoms with van der Waals surface area (Å²) in [5, 5.41) is 0. The molecule has 5 rings (SSSR count). The van der Waals surface area contributed by atoms with Gasteiger partial charge in [0, 0.05) is 23.0 Å². The molecule has 6 heteroatoms. The monoisotopic (exact) mass is 452 g/mol. The summed E-state index contributed by atoms with van der Waals surface area (Å²) in [6.07, 6.45) is 7.56. The summed E-state index contributed by atoms with van der Waals surface area (Å²) in [4.78, 5) is 11.9. The molecule has 6 nitrogen and oxygen atoms in total. The number of fused-ring (bicyclic) bond motifs is 3. The number of nitrogen functional groups attached to an aromatic ring is 2. The van der Waals surface area contributed by atoms with Crippen molar-refractivity contribution in [2.75, 3.05) is 24.7 Å². The molecule has 4 N–H and O–H groups in total. The van der Waals surface area contributed by atoms with E-state index in [0.717, 1.165) is 49.7 Å². The number of hydrogen-bond acceptors (Lipinski definition) is 6. The van der Waals surface area contributed by atoms with E-state index < -0.39 is 6.29 Å². The van der Waals surface area contributed by atoms with Crippen molar-refractivity contribution in [3.8, 4) is 0 Å². The fourth-order valence-corrected chi connectivity index (χ4v) is 6.83. The number of hydrogen-bond donors (Lipinski definition) is 2. The van der Waals surface area contributed by atoms with Gasteiger partial charge in [-0.2, -0.15) is 0 Å². The molecule has 2 saturated heterocycles. The molecular formula is C27H36N2O4. The van der Waals surface area contributed by atoms with Crippen LogP contribution in [0.5, 0.6) is 0 Å². The Bertz CT molecular complexity index is 1000. The lowest BCUT2D eigenvalue weighted by atomic mass is 9.45. The SMILES string of the molecule is C=C1CCC2(C)C(CCC3OC(c4ccc(N)c(N)c4)OCC32C)C1C/C=C1\CCOC1=O. The maximum Gasteiger partial charge on any atom is 0.333 e. The summed E-state index contributed by atoms with van der Waals surface area (Å²) in [6.45, 7) is 10.4. The van der Waals surface area contributed by atoms with Crippen LogP contribution >= 0.6 is 0 Å². The predicted octanol–water partition coefficient (Wildman–Crippen LogP) is 4.92. The van der Waals surface area contributed by atoms with Gasteiger partial charge in [-0.1, -0.05) is 38.1 Å². The van der Waals surface area contributed by atoms with Crippen LogP contribution in [0.1, 0.15) is 64.2 Å². The normalized spacial score (nSPS) is 39.8. The number of cyclic esters (lactones) is 1. The predicted molar refractivity (Wildman–Crippen MR) is 128 cm³/mol. The van der Waals surface area contributed by atoms with E-state index in [0.29, 0.717) is 36.4 Å². The Morgan fingerprint density at radius 1 is 1.15 bits per heavy atom. The van der Waals surface area contributed by atoms with E-state index in [1.165, 1.54) is 5.57 Å². The minimum atomic E-state index is -0.418. The van der Waals surface area contributed by atoms with Crippen LogP contribution in [0.3, 0.4) is 0 Å². The van der Waals surface area contributed by atoms with Crippen molar-refractivity contribution in [2.45, 2.75) is 64.8 Å². The summed E-state index contributed by atoms with van der Waals surface area (Å²) in [7, 11) is 0. The molecule has 1 aromatic carbocycles. The average Bonchev–Trinajstić information content (AvgIpc) is 3.20. The zero-order valence-corrected chi connectivity index (χ0v) is 19.8. The highest BCUT2D eigenvalue weighted by Gasteiger charge is 2.61. The molecule has 2 aliphatic heterocycles. The van der Waals surface area contributed by atoms with Crippen molar-refractivity contribution in [1.29, 1.82) is 0 Å². The molecule has 0 radical (unpaired) electrons. The molecule has 6 atom stereocenters. The zero-order chi connectivity index (χ0) is 23.4. The van der Waals surface area contributed by atoms with Crippen LogP contribution in [0.25, 0.3) is 0 Å². The molecule has 4 fully saturated rings. The lowest BCUT2D eigenvalue weighted by Gasteiger charge is -2.64. The van der Waals surface area contributed by atoms with Gasteiger partial charge in [0.15, 0.2) is 6.29 Å². The van der Waals surface area contributed by atoms with Gasteiger partial charge in [0.05, 0.1) is 30.7 Å². The quantitative estimate of drug-likeness (QED) is 0.292. The highest BCUT2D eigenvalue weighted by atomic mass is 16.7. The third-order valence-corrected chi connectivity index (χ3v) is 9.24. The first-order valence-corrected chi connectivity index (χ1v) is 12.2. The van der Waals surface area contributed by atoms with E-state index in [1.54, 1.807) is 0 Å². The number of ether oxygens (including phenoxy) is 3. The van der Waals surface area contributed by atoms with E-state index in [2.05, 4.69) is 26.5 Å². The molecule has 0 bridgehead atoms. The highest BCUT2D eigenvalue weighted by molar-refractivity contribution is 5.90. The Balaban J connectivity index is 1.37. The number of allylic oxidation sites excluding steroid dienone is 2. The van der Waals surface area contributed by atoms with Crippen LogP contribution in [0, 0.1) is 22.7 Å². The van der Waals surface area contributed by atoms with Crippen molar-refractivity contribution in [1.82, 2.24) is 0 Å². The topological polar surface area (TPSA) is 96.8 Å². The van der Waals surface area contributed by atoms with Crippen LogP contribution in [0.15, 0.2) is 42.0 Å². The first-order valence-electron chi connectivity index (χ1n) is 12.2. The van der Waals surface area contributed by atoms with Gasteiger partial charge in [0.2, 0.25) is 0 Å². The highest BCUT2D eigenvalue weighted by Crippen LogP contribution is 2.65. The van der Waals surface area contributed by atoms with Crippen LogP contribution in [0.2, 0.25) is 0 Å². The largest absolute Gasteiger partial charge is 0.462 e. The molecule has 33 heavy (non-hydrogen) atoms. The van der Waals surface area contributed by atoms with Gasteiger partial charge in [-0.05, 0) is 61.5 Å². The standard InChI is InChI=1S/C27H36N2O4/c1-16-10-12-26(2)20(19(16)6-4-17-11-13-31-24(17)30)7-9-23-27(26,3)15-32-25(33-23)18-5-8-21(28)22(29)14-18/h4-5,8,14,19-20,23,25H,1,6-7,9-13,15,28-29H2,2-3H3/b17-4+. The summed E-state index contributed by atoms with van der Waals surface area (Å²) >= 11 is 0. The van der Waals surface area contributed by atoms with Crippen LogP contribution in [-0.4, -0.2) is 25.3 Å². The molecule has 2 heterocycles. The Morgan fingerprint density at radius 2 is 1.97 bits per heavy atom. The van der Waals surface area contributed by atoms with Crippen LogP contribution < -0.4 is 11.5 Å². The van der Waals surface area contributed by atoms with E-state index in [4.69, 9.17) is 25.7 Å². The third kappa shape index (κ3) is 3.58. The average molecular weight is 453 g/mol. The van der Waals surface area contributed by atoms with Gasteiger partial charge in [-0.3, -0.25) is 0 Å². The van der Waals surface area contributed by atoms with Crippen LogP contribution in [0.4, 0.5) is 11.4 Å².